The zero-order valence-corrected chi connectivity index (χ0v) is 19.6. The quantitative estimate of drug-likeness (QED) is 0.256. The molecule has 2 unspecified atom stereocenters. The smallest absolute Gasteiger partial charge is 0.191 e. The van der Waals surface area contributed by atoms with Gasteiger partial charge in [0.2, 0.25) is 0 Å². The number of methoxy groups -OCH3 is 1. The van der Waals surface area contributed by atoms with E-state index in [1.165, 1.54) is 0 Å². The second-order valence-corrected chi connectivity index (χ2v) is 6.44. The molecular formula is C22H32IN3O3. The van der Waals surface area contributed by atoms with Gasteiger partial charge >= 0.3 is 0 Å². The predicted octanol–water partition coefficient (Wildman–Crippen LogP) is 3.76. The Labute approximate surface area is 190 Å². The molecule has 0 aliphatic carbocycles. The molecule has 0 saturated carbocycles. The summed E-state index contributed by atoms with van der Waals surface area (Å²) in [5.41, 5.74) is 0.921. The van der Waals surface area contributed by atoms with E-state index in [0.717, 1.165) is 12.1 Å². The molecule has 0 amide bonds. The van der Waals surface area contributed by atoms with E-state index in [1.807, 2.05) is 68.4 Å². The van der Waals surface area contributed by atoms with Crippen LogP contribution in [0.25, 0.3) is 0 Å². The van der Waals surface area contributed by atoms with Crippen molar-refractivity contribution in [2.75, 3.05) is 26.7 Å². The third-order valence-electron chi connectivity index (χ3n) is 4.14. The van der Waals surface area contributed by atoms with Crippen molar-refractivity contribution in [3.63, 3.8) is 0 Å². The Hall–Kier alpha value is -2.00. The zero-order valence-electron chi connectivity index (χ0n) is 17.3. The normalized spacial score (nSPS) is 13.0. The summed E-state index contributed by atoms with van der Waals surface area (Å²) in [4.78, 5) is 4.58. The Bertz CT molecular complexity index is 728. The lowest BCUT2D eigenvalue weighted by Gasteiger charge is -2.17. The van der Waals surface area contributed by atoms with Crippen LogP contribution in [0.5, 0.6) is 11.5 Å². The van der Waals surface area contributed by atoms with Gasteiger partial charge in [-0.05, 0) is 38.0 Å². The first-order valence-electron chi connectivity index (χ1n) is 9.69. The van der Waals surface area contributed by atoms with E-state index >= 15 is 0 Å². The van der Waals surface area contributed by atoms with Gasteiger partial charge in [-0.3, -0.25) is 0 Å². The molecular weight excluding hydrogens is 481 g/mol. The average molecular weight is 513 g/mol. The van der Waals surface area contributed by atoms with Gasteiger partial charge in [0, 0.05) is 13.1 Å². The van der Waals surface area contributed by atoms with Crippen LogP contribution < -0.4 is 20.1 Å². The fourth-order valence-corrected chi connectivity index (χ4v) is 2.70. The van der Waals surface area contributed by atoms with Crippen LogP contribution in [0.3, 0.4) is 0 Å². The lowest BCUT2D eigenvalue weighted by molar-refractivity contribution is 0.168. The van der Waals surface area contributed by atoms with E-state index in [9.17, 15) is 5.11 Å². The highest BCUT2D eigenvalue weighted by Gasteiger charge is 2.10. The number of nitrogens with zero attached hydrogens (tertiary/aromatic N) is 1. The number of benzene rings is 2. The van der Waals surface area contributed by atoms with Crippen LogP contribution in [0.4, 0.5) is 0 Å². The predicted molar refractivity (Wildman–Crippen MR) is 128 cm³/mol. The molecule has 2 aromatic rings. The summed E-state index contributed by atoms with van der Waals surface area (Å²) in [7, 11) is 1.63. The summed E-state index contributed by atoms with van der Waals surface area (Å²) in [6.45, 7) is 5.86. The largest absolute Gasteiger partial charge is 0.493 e. The van der Waals surface area contributed by atoms with Gasteiger partial charge < -0.3 is 25.2 Å². The molecule has 0 heterocycles. The average Bonchev–Trinajstić information content (AvgIpc) is 2.73. The van der Waals surface area contributed by atoms with Crippen molar-refractivity contribution in [2.45, 2.75) is 32.5 Å². The first-order chi connectivity index (χ1) is 13.6. The summed E-state index contributed by atoms with van der Waals surface area (Å²) in [5.74, 6) is 2.12. The van der Waals surface area contributed by atoms with Gasteiger partial charge in [0.25, 0.3) is 0 Å². The van der Waals surface area contributed by atoms with Gasteiger partial charge in [-0.25, -0.2) is 4.99 Å². The topological polar surface area (TPSA) is 75.1 Å². The molecule has 0 saturated heterocycles. The van der Waals surface area contributed by atoms with Crippen LogP contribution in [0, 0.1) is 0 Å². The number of aliphatic hydroxyl groups excluding tert-OH is 1. The molecule has 3 N–H and O–H groups in total. The van der Waals surface area contributed by atoms with Crippen molar-refractivity contribution in [1.82, 2.24) is 10.6 Å². The monoisotopic (exact) mass is 513 g/mol. The van der Waals surface area contributed by atoms with Crippen LogP contribution in [0.15, 0.2) is 59.6 Å². The summed E-state index contributed by atoms with van der Waals surface area (Å²) in [6, 6.07) is 17.2. The number of halogens is 1. The first kappa shape index (κ1) is 25.0. The van der Waals surface area contributed by atoms with E-state index in [2.05, 4.69) is 15.6 Å². The highest BCUT2D eigenvalue weighted by atomic mass is 127. The maximum Gasteiger partial charge on any atom is 0.191 e. The maximum atomic E-state index is 10.3. The number of hydrogen-bond donors (Lipinski definition) is 3. The molecule has 0 bridgehead atoms. The Balaban J connectivity index is 0.00000420. The highest BCUT2D eigenvalue weighted by molar-refractivity contribution is 14.0. The lowest BCUT2D eigenvalue weighted by Crippen LogP contribution is -2.39. The minimum atomic E-state index is -0.496. The minimum absolute atomic E-state index is 0. The number of ether oxygens (including phenoxy) is 2. The lowest BCUT2D eigenvalue weighted by atomic mass is 10.1. The molecule has 0 fully saturated rings. The van der Waals surface area contributed by atoms with E-state index in [0.29, 0.717) is 37.0 Å². The van der Waals surface area contributed by atoms with Crippen molar-refractivity contribution in [2.24, 2.45) is 4.99 Å². The summed E-state index contributed by atoms with van der Waals surface area (Å²) in [6.07, 6.45) is -0.00661. The Morgan fingerprint density at radius 1 is 1.03 bits per heavy atom. The van der Waals surface area contributed by atoms with E-state index in [1.54, 1.807) is 7.11 Å². The first-order valence-corrected chi connectivity index (χ1v) is 9.69. The van der Waals surface area contributed by atoms with Crippen molar-refractivity contribution < 1.29 is 14.6 Å². The molecule has 2 atom stereocenters. The SMILES string of the molecule is CCNC(=NCC(C)Oc1ccccc1OC)NCCC(O)c1ccccc1.I. The van der Waals surface area contributed by atoms with Crippen LogP contribution in [0.1, 0.15) is 31.9 Å². The van der Waals surface area contributed by atoms with E-state index < -0.39 is 6.10 Å². The summed E-state index contributed by atoms with van der Waals surface area (Å²) in [5, 5.41) is 16.7. The van der Waals surface area contributed by atoms with Crippen molar-refractivity contribution in [3.8, 4) is 11.5 Å². The molecule has 0 radical (unpaired) electrons. The fraction of sp³-hybridized carbons (Fsp3) is 0.409. The van der Waals surface area contributed by atoms with Gasteiger partial charge in [-0.1, -0.05) is 42.5 Å². The third-order valence-corrected chi connectivity index (χ3v) is 4.14. The number of aliphatic hydroxyl groups is 1. The minimum Gasteiger partial charge on any atom is -0.493 e. The number of rotatable bonds is 10. The fourth-order valence-electron chi connectivity index (χ4n) is 2.70. The van der Waals surface area contributed by atoms with Gasteiger partial charge in [0.1, 0.15) is 6.10 Å². The van der Waals surface area contributed by atoms with Crippen LogP contribution in [-0.2, 0) is 0 Å². The molecule has 29 heavy (non-hydrogen) atoms. The second kappa shape index (κ2) is 14.1. The van der Waals surface area contributed by atoms with E-state index in [-0.39, 0.29) is 30.1 Å². The molecule has 160 valence electrons. The van der Waals surface area contributed by atoms with Gasteiger partial charge in [-0.15, -0.1) is 24.0 Å². The van der Waals surface area contributed by atoms with Gasteiger partial charge in [0.05, 0.1) is 19.8 Å². The molecule has 2 rings (SSSR count). The van der Waals surface area contributed by atoms with E-state index in [4.69, 9.17) is 9.47 Å². The highest BCUT2D eigenvalue weighted by Crippen LogP contribution is 2.26. The van der Waals surface area contributed by atoms with Crippen LogP contribution >= 0.6 is 24.0 Å². The van der Waals surface area contributed by atoms with Gasteiger partial charge in [0.15, 0.2) is 17.5 Å². The number of guanidine groups is 1. The molecule has 0 aliphatic rings. The number of nitrogens with one attached hydrogen (secondary N) is 2. The number of aliphatic imine (C=N–C) groups is 1. The van der Waals surface area contributed by atoms with Crippen molar-refractivity contribution in [1.29, 1.82) is 0 Å². The molecule has 7 heteroatoms. The molecule has 2 aromatic carbocycles. The number of para-hydroxylation sites is 2. The van der Waals surface area contributed by atoms with Crippen molar-refractivity contribution in [3.05, 3.63) is 60.2 Å². The molecule has 0 spiro atoms. The summed E-state index contributed by atoms with van der Waals surface area (Å²) >= 11 is 0. The third kappa shape index (κ3) is 8.91. The second-order valence-electron chi connectivity index (χ2n) is 6.44. The van der Waals surface area contributed by atoms with Crippen molar-refractivity contribution >= 4 is 29.9 Å². The molecule has 6 nitrogen and oxygen atoms in total. The maximum absolute atomic E-state index is 10.3. The Kier molecular flexibility index (Phi) is 12.1. The standard InChI is InChI=1S/C22H31N3O3.HI/c1-4-23-22(24-15-14-19(26)18-10-6-5-7-11-18)25-16-17(2)28-21-13-9-8-12-20(21)27-3;/h5-13,17,19,26H,4,14-16H2,1-3H3,(H2,23,24,25);1H. The Morgan fingerprint density at radius 3 is 2.34 bits per heavy atom. The van der Waals surface area contributed by atoms with Gasteiger partial charge in [-0.2, -0.15) is 0 Å². The Morgan fingerprint density at radius 2 is 1.69 bits per heavy atom. The number of hydrogen-bond acceptors (Lipinski definition) is 4. The molecule has 0 aromatic heterocycles. The summed E-state index contributed by atoms with van der Waals surface area (Å²) < 4.78 is 11.3. The van der Waals surface area contributed by atoms with Crippen LogP contribution in [0.2, 0.25) is 0 Å². The van der Waals surface area contributed by atoms with Crippen LogP contribution in [-0.4, -0.2) is 43.9 Å². The zero-order chi connectivity index (χ0) is 20.2. The molecule has 0 aliphatic heterocycles.